The van der Waals surface area contributed by atoms with Gasteiger partial charge in [0.2, 0.25) is 0 Å². The van der Waals surface area contributed by atoms with E-state index in [1.54, 1.807) is 12.1 Å². The minimum absolute atomic E-state index is 0.160. The first-order valence-electron chi connectivity index (χ1n) is 7.26. The zero-order valence-electron chi connectivity index (χ0n) is 13.2. The number of methoxy groups -OCH3 is 2. The zero-order chi connectivity index (χ0) is 17.3. The summed E-state index contributed by atoms with van der Waals surface area (Å²) < 4.78 is 10.8. The normalized spacial score (nSPS) is 11.2. The maximum atomic E-state index is 10.9. The fourth-order valence-corrected chi connectivity index (χ4v) is 2.86. The molecular formula is C19H16O5. The van der Waals surface area contributed by atoms with Gasteiger partial charge in [0.25, 0.3) is 0 Å². The molecule has 0 saturated carbocycles. The third kappa shape index (κ3) is 2.60. The van der Waals surface area contributed by atoms with Crippen LogP contribution < -0.4 is 9.47 Å². The number of phenolic OH excluding ortho intramolecular Hbond substituents is 1. The summed E-state index contributed by atoms with van der Waals surface area (Å²) in [5, 5.41) is 22.2. The average Bonchev–Trinajstić information content (AvgIpc) is 2.58. The molecule has 0 bridgehead atoms. The minimum atomic E-state index is -1.05. The van der Waals surface area contributed by atoms with E-state index in [1.165, 1.54) is 20.3 Å². The van der Waals surface area contributed by atoms with Crippen LogP contribution in [0.4, 0.5) is 0 Å². The monoisotopic (exact) mass is 324 g/mol. The summed E-state index contributed by atoms with van der Waals surface area (Å²) in [5.41, 5.74) is 0.611. The summed E-state index contributed by atoms with van der Waals surface area (Å²) in [5.74, 6) is 0.0618. The summed E-state index contributed by atoms with van der Waals surface area (Å²) in [6.45, 7) is 0. The molecule has 122 valence electrons. The molecule has 0 aliphatic carbocycles. The van der Waals surface area contributed by atoms with Crippen molar-refractivity contribution in [2.45, 2.75) is 0 Å². The number of fused-ring (bicyclic) bond motifs is 3. The molecule has 0 aromatic heterocycles. The van der Waals surface area contributed by atoms with E-state index in [-0.39, 0.29) is 5.75 Å². The number of aliphatic carboxylic acids is 1. The summed E-state index contributed by atoms with van der Waals surface area (Å²) in [6, 6.07) is 10.8. The van der Waals surface area contributed by atoms with E-state index in [2.05, 4.69) is 0 Å². The van der Waals surface area contributed by atoms with Crippen molar-refractivity contribution < 1.29 is 24.5 Å². The van der Waals surface area contributed by atoms with Crippen molar-refractivity contribution in [3.05, 3.63) is 48.0 Å². The smallest absolute Gasteiger partial charge is 0.328 e. The van der Waals surface area contributed by atoms with Crippen LogP contribution in [0.15, 0.2) is 42.5 Å². The number of ether oxygens (including phenoxy) is 2. The minimum Gasteiger partial charge on any atom is -0.508 e. The van der Waals surface area contributed by atoms with Gasteiger partial charge in [-0.1, -0.05) is 18.2 Å². The van der Waals surface area contributed by atoms with E-state index in [9.17, 15) is 9.90 Å². The fourth-order valence-electron chi connectivity index (χ4n) is 2.86. The first-order chi connectivity index (χ1) is 11.5. The van der Waals surface area contributed by atoms with Gasteiger partial charge in [-0.2, -0.15) is 0 Å². The number of carbonyl (C=O) groups is 1. The number of hydrogen-bond donors (Lipinski definition) is 2. The summed E-state index contributed by atoms with van der Waals surface area (Å²) >= 11 is 0. The van der Waals surface area contributed by atoms with Crippen molar-refractivity contribution in [3.8, 4) is 17.2 Å². The molecular weight excluding hydrogens is 308 g/mol. The molecule has 0 atom stereocenters. The van der Waals surface area contributed by atoms with Gasteiger partial charge in [0, 0.05) is 11.6 Å². The Balaban J connectivity index is 2.46. The number of aromatic hydroxyl groups is 1. The lowest BCUT2D eigenvalue weighted by Crippen LogP contribution is -1.96. The second kappa shape index (κ2) is 6.12. The van der Waals surface area contributed by atoms with Crippen molar-refractivity contribution in [2.24, 2.45) is 0 Å². The highest BCUT2D eigenvalue weighted by atomic mass is 16.5. The number of benzene rings is 3. The van der Waals surface area contributed by atoms with Gasteiger partial charge >= 0.3 is 5.97 Å². The predicted molar refractivity (Wildman–Crippen MR) is 92.9 cm³/mol. The number of carboxylic acid groups (broad SMARTS) is 1. The highest BCUT2D eigenvalue weighted by molar-refractivity contribution is 6.12. The highest BCUT2D eigenvalue weighted by Gasteiger charge is 2.15. The van der Waals surface area contributed by atoms with Crippen LogP contribution in [0.1, 0.15) is 5.56 Å². The lowest BCUT2D eigenvalue weighted by atomic mass is 9.96. The van der Waals surface area contributed by atoms with E-state index >= 15 is 0 Å². The van der Waals surface area contributed by atoms with Gasteiger partial charge in [-0.25, -0.2) is 4.79 Å². The molecule has 0 unspecified atom stereocenters. The SMILES string of the molecule is COc1cc2c(ccc3ccc(O)cc32)c(/C=C/C(=O)O)c1OC. The Morgan fingerprint density at radius 3 is 2.42 bits per heavy atom. The van der Waals surface area contributed by atoms with Gasteiger partial charge in [0.05, 0.1) is 14.2 Å². The van der Waals surface area contributed by atoms with Crippen LogP contribution >= 0.6 is 0 Å². The van der Waals surface area contributed by atoms with E-state index in [1.807, 2.05) is 24.3 Å². The van der Waals surface area contributed by atoms with Crippen molar-refractivity contribution in [1.29, 1.82) is 0 Å². The average molecular weight is 324 g/mol. The molecule has 0 amide bonds. The Kier molecular flexibility index (Phi) is 4.00. The van der Waals surface area contributed by atoms with Gasteiger partial charge in [0.15, 0.2) is 11.5 Å². The van der Waals surface area contributed by atoms with E-state index < -0.39 is 5.97 Å². The molecule has 2 N–H and O–H groups in total. The Morgan fingerprint density at radius 2 is 1.75 bits per heavy atom. The van der Waals surface area contributed by atoms with Crippen molar-refractivity contribution in [2.75, 3.05) is 14.2 Å². The van der Waals surface area contributed by atoms with E-state index in [4.69, 9.17) is 14.6 Å². The third-order valence-electron chi connectivity index (χ3n) is 3.90. The van der Waals surface area contributed by atoms with Crippen LogP contribution in [0, 0.1) is 0 Å². The van der Waals surface area contributed by atoms with Crippen LogP contribution in [0.2, 0.25) is 0 Å². The van der Waals surface area contributed by atoms with Crippen LogP contribution in [0.3, 0.4) is 0 Å². The molecule has 0 heterocycles. The molecule has 3 aromatic carbocycles. The van der Waals surface area contributed by atoms with Crippen LogP contribution in [0.25, 0.3) is 27.6 Å². The summed E-state index contributed by atoms with van der Waals surface area (Å²) in [4.78, 5) is 10.9. The van der Waals surface area contributed by atoms with E-state index in [0.29, 0.717) is 17.1 Å². The van der Waals surface area contributed by atoms with Gasteiger partial charge in [0.1, 0.15) is 5.75 Å². The Morgan fingerprint density at radius 1 is 1.00 bits per heavy atom. The van der Waals surface area contributed by atoms with Gasteiger partial charge in [-0.3, -0.25) is 0 Å². The Labute approximate surface area is 138 Å². The number of phenols is 1. The second-order valence-corrected chi connectivity index (χ2v) is 5.26. The molecule has 5 nitrogen and oxygen atoms in total. The Bertz CT molecular complexity index is 973. The quantitative estimate of drug-likeness (QED) is 0.564. The van der Waals surface area contributed by atoms with E-state index in [0.717, 1.165) is 27.6 Å². The van der Waals surface area contributed by atoms with Gasteiger partial charge < -0.3 is 19.7 Å². The molecule has 24 heavy (non-hydrogen) atoms. The standard InChI is InChI=1S/C19H16O5/c1-23-17-10-16-13(14(19(17)24-2)7-8-18(21)22)6-4-11-3-5-12(20)9-15(11)16/h3-10,20H,1-2H3,(H,21,22)/b8-7+. The largest absolute Gasteiger partial charge is 0.508 e. The molecule has 0 radical (unpaired) electrons. The van der Waals surface area contributed by atoms with Gasteiger partial charge in [-0.15, -0.1) is 0 Å². The van der Waals surface area contributed by atoms with Crippen LogP contribution in [-0.4, -0.2) is 30.4 Å². The van der Waals surface area contributed by atoms with Crippen molar-refractivity contribution >= 4 is 33.6 Å². The number of rotatable bonds is 4. The zero-order valence-corrected chi connectivity index (χ0v) is 13.2. The molecule has 0 saturated heterocycles. The van der Waals surface area contributed by atoms with Crippen LogP contribution in [0.5, 0.6) is 17.2 Å². The second-order valence-electron chi connectivity index (χ2n) is 5.26. The maximum absolute atomic E-state index is 10.9. The Hall–Kier alpha value is -3.21. The van der Waals surface area contributed by atoms with Crippen molar-refractivity contribution in [1.82, 2.24) is 0 Å². The number of hydrogen-bond acceptors (Lipinski definition) is 4. The topological polar surface area (TPSA) is 76.0 Å². The van der Waals surface area contributed by atoms with Gasteiger partial charge in [-0.05, 0) is 45.8 Å². The summed E-state index contributed by atoms with van der Waals surface area (Å²) in [6.07, 6.45) is 2.55. The first-order valence-corrected chi connectivity index (χ1v) is 7.26. The fraction of sp³-hybridized carbons (Fsp3) is 0.105. The molecule has 0 aliphatic heterocycles. The first kappa shape index (κ1) is 15.7. The van der Waals surface area contributed by atoms with Crippen LogP contribution in [-0.2, 0) is 4.79 Å². The molecule has 5 heteroatoms. The lowest BCUT2D eigenvalue weighted by Gasteiger charge is -2.15. The maximum Gasteiger partial charge on any atom is 0.328 e. The summed E-state index contributed by atoms with van der Waals surface area (Å²) in [7, 11) is 3.03. The lowest BCUT2D eigenvalue weighted by molar-refractivity contribution is -0.131. The molecule has 3 rings (SSSR count). The molecule has 3 aromatic rings. The third-order valence-corrected chi connectivity index (χ3v) is 3.90. The number of carboxylic acids is 1. The highest BCUT2D eigenvalue weighted by Crippen LogP contribution is 2.41. The molecule has 0 spiro atoms. The molecule has 0 fully saturated rings. The van der Waals surface area contributed by atoms with Crippen molar-refractivity contribution in [3.63, 3.8) is 0 Å². The molecule has 0 aliphatic rings. The predicted octanol–water partition coefficient (Wildman–Crippen LogP) is 3.81.